The molecule has 1 N–H and O–H groups in total. The number of rotatable bonds is 5. The number of hydrogen-bond acceptors (Lipinski definition) is 2. The fraction of sp³-hybridized carbons (Fsp3) is 0.500. The predicted octanol–water partition coefficient (Wildman–Crippen LogP) is 2.66. The van der Waals surface area contributed by atoms with E-state index >= 15 is 0 Å². The zero-order valence-electron chi connectivity index (χ0n) is 11.8. The molecule has 0 aromatic heterocycles. The highest BCUT2D eigenvalue weighted by Gasteiger charge is 2.29. The highest BCUT2D eigenvalue weighted by molar-refractivity contribution is 5.76. The second kappa shape index (κ2) is 6.74. The van der Waals surface area contributed by atoms with E-state index in [0.29, 0.717) is 13.0 Å². The first kappa shape index (κ1) is 16.5. The normalized spacial score (nSPS) is 13.3. The van der Waals surface area contributed by atoms with Gasteiger partial charge in [0, 0.05) is 26.1 Å². The van der Waals surface area contributed by atoms with Gasteiger partial charge in [-0.2, -0.15) is 13.2 Å². The molecule has 0 aliphatic carbocycles. The maximum absolute atomic E-state index is 12.4. The second-order valence-electron chi connectivity index (χ2n) is 4.84. The van der Waals surface area contributed by atoms with Gasteiger partial charge < -0.3 is 5.32 Å². The van der Waals surface area contributed by atoms with Crippen LogP contribution in [-0.4, -0.2) is 30.9 Å². The highest BCUT2D eigenvalue weighted by atomic mass is 19.4. The second-order valence-corrected chi connectivity index (χ2v) is 4.84. The van der Waals surface area contributed by atoms with E-state index in [0.717, 1.165) is 17.7 Å². The Hall–Kier alpha value is -1.56. The van der Waals surface area contributed by atoms with Crippen LogP contribution in [0.15, 0.2) is 24.3 Å². The van der Waals surface area contributed by atoms with Crippen molar-refractivity contribution in [2.24, 2.45) is 0 Å². The zero-order valence-corrected chi connectivity index (χ0v) is 11.8. The van der Waals surface area contributed by atoms with Gasteiger partial charge in [0.2, 0.25) is 5.91 Å². The fourth-order valence-corrected chi connectivity index (χ4v) is 1.77. The van der Waals surface area contributed by atoms with Gasteiger partial charge in [0.1, 0.15) is 0 Å². The van der Waals surface area contributed by atoms with E-state index in [-0.39, 0.29) is 11.9 Å². The molecule has 0 heterocycles. The van der Waals surface area contributed by atoms with Crippen LogP contribution in [-0.2, 0) is 17.5 Å². The largest absolute Gasteiger partial charge is 0.416 e. The topological polar surface area (TPSA) is 32.3 Å². The summed E-state index contributed by atoms with van der Waals surface area (Å²) < 4.78 is 37.3. The minimum absolute atomic E-state index is 0.0113. The molecule has 0 aliphatic rings. The predicted molar refractivity (Wildman–Crippen MR) is 71.1 cm³/mol. The van der Waals surface area contributed by atoms with Crippen LogP contribution in [0.25, 0.3) is 0 Å². The standard InChI is InChI=1S/C14H19F3N2O/c1-10(8-13(20)18-2)19(3)9-11-4-6-12(7-5-11)14(15,16)17/h4-7,10H,8-9H2,1-3H3,(H,18,20)/t10-/m0/s1. The molecule has 20 heavy (non-hydrogen) atoms. The summed E-state index contributed by atoms with van der Waals surface area (Å²) >= 11 is 0. The van der Waals surface area contributed by atoms with Crippen molar-refractivity contribution in [3.63, 3.8) is 0 Å². The first-order valence-corrected chi connectivity index (χ1v) is 6.31. The van der Waals surface area contributed by atoms with Crippen molar-refractivity contribution in [2.75, 3.05) is 14.1 Å². The average Bonchev–Trinajstić information content (AvgIpc) is 2.38. The molecule has 1 aromatic rings. The molecule has 0 spiro atoms. The third-order valence-corrected chi connectivity index (χ3v) is 3.23. The molecule has 1 atom stereocenters. The summed E-state index contributed by atoms with van der Waals surface area (Å²) in [6, 6.07) is 5.09. The maximum Gasteiger partial charge on any atom is 0.416 e. The van der Waals surface area contributed by atoms with Crippen LogP contribution in [0.3, 0.4) is 0 Å². The van der Waals surface area contributed by atoms with E-state index in [1.807, 2.05) is 18.9 Å². The van der Waals surface area contributed by atoms with Gasteiger partial charge in [-0.1, -0.05) is 12.1 Å². The van der Waals surface area contributed by atoms with Crippen LogP contribution in [0.1, 0.15) is 24.5 Å². The number of nitrogens with one attached hydrogen (secondary N) is 1. The quantitative estimate of drug-likeness (QED) is 0.903. The van der Waals surface area contributed by atoms with Crippen molar-refractivity contribution in [2.45, 2.75) is 32.1 Å². The third kappa shape index (κ3) is 4.85. The summed E-state index contributed by atoms with van der Waals surface area (Å²) in [6.45, 7) is 2.40. The number of benzene rings is 1. The summed E-state index contributed by atoms with van der Waals surface area (Å²) in [5.41, 5.74) is 0.131. The van der Waals surface area contributed by atoms with E-state index < -0.39 is 11.7 Å². The van der Waals surface area contributed by atoms with E-state index in [2.05, 4.69) is 5.32 Å². The number of alkyl halides is 3. The molecule has 112 valence electrons. The molecular formula is C14H19F3N2O. The van der Waals surface area contributed by atoms with Gasteiger partial charge in [-0.25, -0.2) is 0 Å². The highest BCUT2D eigenvalue weighted by Crippen LogP contribution is 2.29. The van der Waals surface area contributed by atoms with Gasteiger partial charge in [-0.15, -0.1) is 0 Å². The third-order valence-electron chi connectivity index (χ3n) is 3.23. The fourth-order valence-electron chi connectivity index (χ4n) is 1.77. The summed E-state index contributed by atoms with van der Waals surface area (Å²) in [4.78, 5) is 13.2. The molecule has 0 bridgehead atoms. The lowest BCUT2D eigenvalue weighted by Crippen LogP contribution is -2.33. The molecule has 1 rings (SSSR count). The zero-order chi connectivity index (χ0) is 15.3. The van der Waals surface area contributed by atoms with Crippen molar-refractivity contribution in [1.29, 1.82) is 0 Å². The van der Waals surface area contributed by atoms with Crippen LogP contribution < -0.4 is 5.32 Å². The summed E-state index contributed by atoms with van der Waals surface area (Å²) in [7, 11) is 3.41. The van der Waals surface area contributed by atoms with Crippen LogP contribution in [0, 0.1) is 0 Å². The molecule has 1 amide bonds. The monoisotopic (exact) mass is 288 g/mol. The van der Waals surface area contributed by atoms with Gasteiger partial charge in [0.05, 0.1) is 5.56 Å². The number of amides is 1. The van der Waals surface area contributed by atoms with E-state index in [1.54, 1.807) is 7.05 Å². The lowest BCUT2D eigenvalue weighted by Gasteiger charge is -2.24. The molecule has 6 heteroatoms. The Kier molecular flexibility index (Phi) is 5.56. The number of halogens is 3. The lowest BCUT2D eigenvalue weighted by atomic mass is 10.1. The Bertz CT molecular complexity index is 443. The number of carbonyl (C=O) groups excluding carboxylic acids is 1. The number of hydrogen-bond donors (Lipinski definition) is 1. The Morgan fingerprint density at radius 1 is 1.30 bits per heavy atom. The van der Waals surface area contributed by atoms with Gasteiger partial charge in [0.25, 0.3) is 0 Å². The summed E-state index contributed by atoms with van der Waals surface area (Å²) in [6.07, 6.45) is -3.95. The Morgan fingerprint density at radius 2 is 1.85 bits per heavy atom. The minimum atomic E-state index is -4.31. The SMILES string of the molecule is CNC(=O)C[C@H](C)N(C)Cc1ccc(C(F)(F)F)cc1. The molecule has 0 radical (unpaired) electrons. The average molecular weight is 288 g/mol. The molecule has 0 saturated carbocycles. The van der Waals surface area contributed by atoms with Gasteiger partial charge in [-0.05, 0) is 31.7 Å². The molecule has 0 aliphatic heterocycles. The maximum atomic E-state index is 12.4. The molecule has 1 aromatic carbocycles. The van der Waals surface area contributed by atoms with Crippen molar-refractivity contribution in [1.82, 2.24) is 10.2 Å². The smallest absolute Gasteiger partial charge is 0.359 e. The van der Waals surface area contributed by atoms with Gasteiger partial charge in [0.15, 0.2) is 0 Å². The minimum Gasteiger partial charge on any atom is -0.359 e. The van der Waals surface area contributed by atoms with Crippen molar-refractivity contribution in [3.8, 4) is 0 Å². The molecule has 0 fully saturated rings. The first-order chi connectivity index (χ1) is 9.24. The van der Waals surface area contributed by atoms with Crippen molar-refractivity contribution in [3.05, 3.63) is 35.4 Å². The molecule has 0 saturated heterocycles. The number of carbonyl (C=O) groups is 1. The van der Waals surface area contributed by atoms with Gasteiger partial charge >= 0.3 is 6.18 Å². The van der Waals surface area contributed by atoms with Crippen LogP contribution in [0.4, 0.5) is 13.2 Å². The molecule has 0 unspecified atom stereocenters. The van der Waals surface area contributed by atoms with Crippen LogP contribution in [0.5, 0.6) is 0 Å². The Morgan fingerprint density at radius 3 is 2.30 bits per heavy atom. The Balaban J connectivity index is 2.62. The summed E-state index contributed by atoms with van der Waals surface area (Å²) in [5, 5.41) is 2.55. The molecular weight excluding hydrogens is 269 g/mol. The van der Waals surface area contributed by atoms with Gasteiger partial charge in [-0.3, -0.25) is 9.69 Å². The van der Waals surface area contributed by atoms with Crippen LogP contribution >= 0.6 is 0 Å². The first-order valence-electron chi connectivity index (χ1n) is 6.31. The van der Waals surface area contributed by atoms with E-state index in [1.165, 1.54) is 12.1 Å². The van der Waals surface area contributed by atoms with Crippen LogP contribution in [0.2, 0.25) is 0 Å². The van der Waals surface area contributed by atoms with E-state index in [4.69, 9.17) is 0 Å². The van der Waals surface area contributed by atoms with E-state index in [9.17, 15) is 18.0 Å². The number of nitrogens with zero attached hydrogens (tertiary/aromatic N) is 1. The molecule has 3 nitrogen and oxygen atoms in total. The lowest BCUT2D eigenvalue weighted by molar-refractivity contribution is -0.137. The Labute approximate surface area is 116 Å². The summed E-state index contributed by atoms with van der Waals surface area (Å²) in [5.74, 6) is -0.0585. The van der Waals surface area contributed by atoms with Crippen molar-refractivity contribution < 1.29 is 18.0 Å². The van der Waals surface area contributed by atoms with Crippen molar-refractivity contribution >= 4 is 5.91 Å².